The Morgan fingerprint density at radius 1 is 0.800 bits per heavy atom. The number of rotatable bonds is 1. The summed E-state index contributed by atoms with van der Waals surface area (Å²) in [6.07, 6.45) is 10.8. The molecule has 12 unspecified atom stereocenters. The third-order valence-corrected chi connectivity index (χ3v) is 9.02. The minimum Gasteiger partial charge on any atom is -0.303 e. The van der Waals surface area contributed by atoms with Gasteiger partial charge in [-0.1, -0.05) is 19.1 Å². The quantitative estimate of drug-likeness (QED) is 0.405. The van der Waals surface area contributed by atoms with E-state index in [2.05, 4.69) is 19.1 Å². The first-order valence-corrected chi connectivity index (χ1v) is 8.93. The van der Waals surface area contributed by atoms with E-state index in [9.17, 15) is 4.79 Å². The summed E-state index contributed by atoms with van der Waals surface area (Å²) < 4.78 is 0. The molecule has 5 saturated carbocycles. The van der Waals surface area contributed by atoms with E-state index in [1.165, 1.54) is 25.5 Å². The van der Waals surface area contributed by atoms with Crippen LogP contribution >= 0.6 is 0 Å². The average molecular weight is 268 g/mol. The summed E-state index contributed by atoms with van der Waals surface area (Å²) in [5.41, 5.74) is 0. The molecule has 5 fully saturated rings. The van der Waals surface area contributed by atoms with Gasteiger partial charge in [-0.15, -0.1) is 0 Å². The van der Waals surface area contributed by atoms with Crippen LogP contribution in [0.25, 0.3) is 0 Å². The van der Waals surface area contributed by atoms with Crippen LogP contribution in [0.4, 0.5) is 0 Å². The van der Waals surface area contributed by atoms with E-state index >= 15 is 0 Å². The van der Waals surface area contributed by atoms with Gasteiger partial charge in [0.1, 0.15) is 6.29 Å². The Kier molecular flexibility index (Phi) is 1.80. The van der Waals surface area contributed by atoms with Crippen LogP contribution in [0.3, 0.4) is 0 Å². The van der Waals surface area contributed by atoms with Gasteiger partial charge in [0.2, 0.25) is 0 Å². The summed E-state index contributed by atoms with van der Waals surface area (Å²) in [4.78, 5) is 11.5. The van der Waals surface area contributed by atoms with Crippen LogP contribution < -0.4 is 0 Å². The third kappa shape index (κ3) is 0.946. The normalized spacial score (nSPS) is 70.7. The summed E-state index contributed by atoms with van der Waals surface area (Å²) in [6.45, 7) is 2.38. The smallest absolute Gasteiger partial charge is 0.123 e. The number of aldehydes is 1. The largest absolute Gasteiger partial charge is 0.303 e. The van der Waals surface area contributed by atoms with E-state index in [-0.39, 0.29) is 0 Å². The van der Waals surface area contributed by atoms with Gasteiger partial charge in [0.15, 0.2) is 0 Å². The molecule has 1 nitrogen and oxygen atoms in total. The van der Waals surface area contributed by atoms with E-state index in [0.29, 0.717) is 11.8 Å². The Hall–Kier alpha value is -0.590. The topological polar surface area (TPSA) is 17.1 Å². The molecule has 0 spiro atoms. The maximum Gasteiger partial charge on any atom is 0.123 e. The summed E-state index contributed by atoms with van der Waals surface area (Å²) in [7, 11) is 0. The van der Waals surface area contributed by atoms with Crippen molar-refractivity contribution in [3.05, 3.63) is 12.2 Å². The molecule has 0 N–H and O–H groups in total. The van der Waals surface area contributed by atoms with Crippen molar-refractivity contribution in [1.82, 2.24) is 0 Å². The van der Waals surface area contributed by atoms with Gasteiger partial charge in [-0.3, -0.25) is 0 Å². The Morgan fingerprint density at radius 3 is 2.05 bits per heavy atom. The number of hydrogen-bond donors (Lipinski definition) is 0. The van der Waals surface area contributed by atoms with Crippen LogP contribution in [-0.4, -0.2) is 6.29 Å². The Bertz CT molecular complexity index is 522. The first kappa shape index (κ1) is 11.0. The van der Waals surface area contributed by atoms with Gasteiger partial charge >= 0.3 is 0 Å². The molecule has 0 saturated heterocycles. The summed E-state index contributed by atoms with van der Waals surface area (Å²) in [6, 6.07) is 0. The molecule has 6 aliphatic rings. The van der Waals surface area contributed by atoms with Gasteiger partial charge in [-0.05, 0) is 84.4 Å². The molecule has 0 heterocycles. The second kappa shape index (κ2) is 3.25. The lowest BCUT2D eigenvalue weighted by Gasteiger charge is -2.47. The number of allylic oxidation sites excluding steroid dienone is 2. The van der Waals surface area contributed by atoms with Crippen molar-refractivity contribution >= 4 is 6.29 Å². The zero-order valence-corrected chi connectivity index (χ0v) is 12.2. The summed E-state index contributed by atoms with van der Waals surface area (Å²) in [5, 5.41) is 0. The van der Waals surface area contributed by atoms with Gasteiger partial charge in [-0.25, -0.2) is 0 Å². The van der Waals surface area contributed by atoms with Gasteiger partial charge in [0.25, 0.3) is 0 Å². The molecular weight excluding hydrogens is 244 g/mol. The molecule has 6 aliphatic carbocycles. The maximum atomic E-state index is 11.5. The second-order valence-corrected chi connectivity index (χ2v) is 8.96. The molecule has 6 rings (SSSR count). The lowest BCUT2D eigenvalue weighted by Crippen LogP contribution is -2.44. The van der Waals surface area contributed by atoms with E-state index in [4.69, 9.17) is 0 Å². The van der Waals surface area contributed by atoms with E-state index in [0.717, 1.165) is 59.2 Å². The molecule has 0 radical (unpaired) electrons. The van der Waals surface area contributed by atoms with Crippen molar-refractivity contribution in [3.63, 3.8) is 0 Å². The average Bonchev–Trinajstić information content (AvgIpc) is 3.23. The van der Waals surface area contributed by atoms with Gasteiger partial charge in [-0.2, -0.15) is 0 Å². The van der Waals surface area contributed by atoms with E-state index in [1.54, 1.807) is 0 Å². The van der Waals surface area contributed by atoms with Crippen molar-refractivity contribution in [2.45, 2.75) is 26.2 Å². The molecule has 0 aliphatic heterocycles. The predicted molar refractivity (Wildman–Crippen MR) is 76.6 cm³/mol. The second-order valence-electron chi connectivity index (χ2n) is 8.96. The molecule has 0 aromatic rings. The molecule has 0 aromatic heterocycles. The molecular formula is C19H24O. The molecule has 106 valence electrons. The van der Waals surface area contributed by atoms with Crippen LogP contribution in [0.15, 0.2) is 12.2 Å². The SMILES string of the molecule is CC1C(C=O)C2CC1C1C3CC(C4C5C=CC(C5)C34)C21. The molecule has 1 heteroatoms. The molecule has 6 bridgehead atoms. The third-order valence-electron chi connectivity index (χ3n) is 9.02. The number of carbonyl (C=O) groups excluding carboxylic acids is 1. The van der Waals surface area contributed by atoms with Crippen LogP contribution in [-0.2, 0) is 4.79 Å². The molecule has 0 amide bonds. The van der Waals surface area contributed by atoms with Crippen molar-refractivity contribution in [2.75, 3.05) is 0 Å². The zero-order valence-electron chi connectivity index (χ0n) is 12.2. The summed E-state index contributed by atoms with van der Waals surface area (Å²) >= 11 is 0. The number of fused-ring (bicyclic) bond motifs is 16. The van der Waals surface area contributed by atoms with E-state index in [1.807, 2.05) is 0 Å². The Balaban J connectivity index is 1.44. The lowest BCUT2D eigenvalue weighted by atomic mass is 9.57. The fourth-order valence-corrected chi connectivity index (χ4v) is 8.84. The van der Waals surface area contributed by atoms with Gasteiger partial charge < -0.3 is 4.79 Å². The first-order chi connectivity index (χ1) is 9.79. The number of hydrogen-bond acceptors (Lipinski definition) is 1. The molecule has 12 atom stereocenters. The van der Waals surface area contributed by atoms with Crippen molar-refractivity contribution in [3.8, 4) is 0 Å². The highest BCUT2D eigenvalue weighted by Gasteiger charge is 2.72. The fourth-order valence-electron chi connectivity index (χ4n) is 8.84. The predicted octanol–water partition coefficient (Wildman–Crippen LogP) is 3.41. The highest BCUT2D eigenvalue weighted by Crippen LogP contribution is 2.76. The fraction of sp³-hybridized carbons (Fsp3) is 0.842. The van der Waals surface area contributed by atoms with Crippen LogP contribution in [0.1, 0.15) is 26.2 Å². The molecule has 0 aromatic carbocycles. The van der Waals surface area contributed by atoms with Crippen LogP contribution in [0.2, 0.25) is 0 Å². The maximum absolute atomic E-state index is 11.5. The van der Waals surface area contributed by atoms with Gasteiger partial charge in [0.05, 0.1) is 0 Å². The number of carbonyl (C=O) groups is 1. The van der Waals surface area contributed by atoms with Crippen LogP contribution in [0, 0.1) is 71.0 Å². The Morgan fingerprint density at radius 2 is 1.40 bits per heavy atom. The highest BCUT2D eigenvalue weighted by atomic mass is 16.1. The monoisotopic (exact) mass is 268 g/mol. The van der Waals surface area contributed by atoms with E-state index < -0.39 is 0 Å². The minimum absolute atomic E-state index is 0.410. The lowest BCUT2D eigenvalue weighted by molar-refractivity contribution is -0.116. The van der Waals surface area contributed by atoms with Gasteiger partial charge in [0, 0.05) is 5.92 Å². The zero-order chi connectivity index (χ0) is 13.2. The molecule has 20 heavy (non-hydrogen) atoms. The Labute approximate surface area is 121 Å². The standard InChI is InChI=1S/C19H24O/c1-8-11-5-12(15(8)7-20)19-14-6-13(18(11)19)16-9-2-3-10(4-9)17(14)16/h2-3,7-19H,4-6H2,1H3. The van der Waals surface area contributed by atoms with Crippen LogP contribution in [0.5, 0.6) is 0 Å². The first-order valence-electron chi connectivity index (χ1n) is 8.93. The highest BCUT2D eigenvalue weighted by molar-refractivity contribution is 5.56. The van der Waals surface area contributed by atoms with Crippen molar-refractivity contribution in [2.24, 2.45) is 71.0 Å². The van der Waals surface area contributed by atoms with Crippen molar-refractivity contribution in [1.29, 1.82) is 0 Å². The minimum atomic E-state index is 0.410. The van der Waals surface area contributed by atoms with Crippen molar-refractivity contribution < 1.29 is 4.79 Å². The summed E-state index contributed by atoms with van der Waals surface area (Å²) in [5.74, 6) is 10.7.